The summed E-state index contributed by atoms with van der Waals surface area (Å²) >= 11 is 0. The zero-order valence-corrected chi connectivity index (χ0v) is 18.6. The second-order valence-electron chi connectivity index (χ2n) is 8.08. The number of ether oxygens (including phenoxy) is 1. The van der Waals surface area contributed by atoms with Gasteiger partial charge in [-0.05, 0) is 35.2 Å². The van der Waals surface area contributed by atoms with Crippen LogP contribution in [0.2, 0.25) is 0 Å². The van der Waals surface area contributed by atoms with Crippen LogP contribution in [0.15, 0.2) is 84.9 Å². The van der Waals surface area contributed by atoms with Crippen LogP contribution in [0.25, 0.3) is 0 Å². The smallest absolute Gasteiger partial charge is 0.317 e. The minimum Gasteiger partial charge on any atom is -0.497 e. The van der Waals surface area contributed by atoms with E-state index in [0.717, 1.165) is 38.3 Å². The first-order chi connectivity index (χ1) is 15.7. The minimum absolute atomic E-state index is 0.0223. The van der Waals surface area contributed by atoms with E-state index in [2.05, 4.69) is 70.9 Å². The van der Waals surface area contributed by atoms with Gasteiger partial charge in [-0.15, -0.1) is 0 Å². The summed E-state index contributed by atoms with van der Waals surface area (Å²) in [5, 5.41) is 3.07. The maximum atomic E-state index is 12.7. The van der Waals surface area contributed by atoms with Gasteiger partial charge in [-0.1, -0.05) is 72.8 Å². The van der Waals surface area contributed by atoms with Crippen molar-refractivity contribution in [1.29, 1.82) is 0 Å². The number of nitrogens with zero attached hydrogens (tertiary/aromatic N) is 2. The predicted molar refractivity (Wildman–Crippen MR) is 128 cm³/mol. The number of amides is 2. The molecule has 1 heterocycles. The summed E-state index contributed by atoms with van der Waals surface area (Å²) in [6.45, 7) is 3.78. The van der Waals surface area contributed by atoms with Crippen molar-refractivity contribution in [3.63, 3.8) is 0 Å². The number of rotatable bonds is 7. The van der Waals surface area contributed by atoms with E-state index in [4.69, 9.17) is 4.74 Å². The third-order valence-corrected chi connectivity index (χ3v) is 6.05. The maximum absolute atomic E-state index is 12.7. The van der Waals surface area contributed by atoms with Crippen molar-refractivity contribution in [2.45, 2.75) is 12.5 Å². The van der Waals surface area contributed by atoms with Crippen LogP contribution in [0, 0.1) is 0 Å². The van der Waals surface area contributed by atoms with Crippen LogP contribution in [0.5, 0.6) is 5.75 Å². The Kier molecular flexibility index (Phi) is 7.41. The third-order valence-electron chi connectivity index (χ3n) is 6.05. The third kappa shape index (κ3) is 5.48. The molecule has 2 amide bonds. The van der Waals surface area contributed by atoms with E-state index in [1.165, 1.54) is 16.7 Å². The number of carbonyl (C=O) groups excluding carboxylic acids is 1. The van der Waals surface area contributed by atoms with Crippen molar-refractivity contribution < 1.29 is 9.53 Å². The lowest BCUT2D eigenvalue weighted by Crippen LogP contribution is -2.52. The zero-order chi connectivity index (χ0) is 22.2. The average Bonchev–Trinajstić information content (AvgIpc) is 2.86. The summed E-state index contributed by atoms with van der Waals surface area (Å²) in [6.07, 6.45) is 0.805. The van der Waals surface area contributed by atoms with Gasteiger partial charge in [-0.3, -0.25) is 4.90 Å². The highest BCUT2D eigenvalue weighted by molar-refractivity contribution is 5.74. The summed E-state index contributed by atoms with van der Waals surface area (Å²) in [7, 11) is 1.66. The van der Waals surface area contributed by atoms with Gasteiger partial charge in [0, 0.05) is 32.7 Å². The number of hydrogen-bond acceptors (Lipinski definition) is 3. The van der Waals surface area contributed by atoms with E-state index >= 15 is 0 Å². The molecule has 5 heteroatoms. The molecule has 0 unspecified atom stereocenters. The number of nitrogens with one attached hydrogen (secondary N) is 1. The van der Waals surface area contributed by atoms with Gasteiger partial charge in [-0.25, -0.2) is 4.79 Å². The fraction of sp³-hybridized carbons (Fsp3) is 0.296. The lowest BCUT2D eigenvalue weighted by atomic mass is 9.96. The van der Waals surface area contributed by atoms with Gasteiger partial charge < -0.3 is 15.0 Å². The highest BCUT2D eigenvalue weighted by Crippen LogP contribution is 2.29. The molecule has 32 heavy (non-hydrogen) atoms. The lowest BCUT2D eigenvalue weighted by molar-refractivity contribution is 0.120. The molecule has 1 fully saturated rings. The van der Waals surface area contributed by atoms with Gasteiger partial charge in [-0.2, -0.15) is 0 Å². The van der Waals surface area contributed by atoms with Crippen molar-refractivity contribution in [3.05, 3.63) is 102 Å². The fourth-order valence-electron chi connectivity index (χ4n) is 4.29. The molecule has 0 saturated carbocycles. The summed E-state index contributed by atoms with van der Waals surface area (Å²) in [5.74, 6) is 0.847. The second kappa shape index (κ2) is 10.8. The van der Waals surface area contributed by atoms with Crippen molar-refractivity contribution >= 4 is 6.03 Å². The van der Waals surface area contributed by atoms with E-state index in [1.807, 2.05) is 29.2 Å². The summed E-state index contributed by atoms with van der Waals surface area (Å²) < 4.78 is 5.19. The summed E-state index contributed by atoms with van der Waals surface area (Å²) in [4.78, 5) is 17.1. The van der Waals surface area contributed by atoms with Crippen molar-refractivity contribution in [2.75, 3.05) is 39.8 Å². The summed E-state index contributed by atoms with van der Waals surface area (Å²) in [6, 6.07) is 29.5. The summed E-state index contributed by atoms with van der Waals surface area (Å²) in [5.41, 5.74) is 3.76. The monoisotopic (exact) mass is 429 g/mol. The standard InChI is InChI=1S/C27H31N3O2/c1-32-25-14-12-22(13-15-25)16-17-28-27(31)30-20-18-29(19-21-30)26(23-8-4-2-5-9-23)24-10-6-3-7-11-24/h2-15,26H,16-21H2,1H3,(H,28,31). The second-order valence-corrected chi connectivity index (χ2v) is 8.08. The molecule has 4 rings (SSSR count). The molecule has 1 N–H and O–H groups in total. The largest absolute Gasteiger partial charge is 0.497 e. The van der Waals surface area contributed by atoms with E-state index < -0.39 is 0 Å². The Balaban J connectivity index is 1.31. The van der Waals surface area contributed by atoms with E-state index in [1.54, 1.807) is 7.11 Å². The Bertz CT molecular complexity index is 929. The van der Waals surface area contributed by atoms with E-state index in [-0.39, 0.29) is 12.1 Å². The molecule has 5 nitrogen and oxygen atoms in total. The number of benzene rings is 3. The molecular formula is C27H31N3O2. The van der Waals surface area contributed by atoms with Gasteiger partial charge in [0.15, 0.2) is 0 Å². The molecule has 0 atom stereocenters. The Labute approximate surface area is 190 Å². The van der Waals surface area contributed by atoms with Gasteiger partial charge in [0.25, 0.3) is 0 Å². The number of urea groups is 1. The quantitative estimate of drug-likeness (QED) is 0.607. The SMILES string of the molecule is COc1ccc(CCNC(=O)N2CCN(C(c3ccccc3)c3ccccc3)CC2)cc1. The number of piperazine rings is 1. The highest BCUT2D eigenvalue weighted by Gasteiger charge is 2.27. The minimum atomic E-state index is 0.0223. The number of methoxy groups -OCH3 is 1. The van der Waals surface area contributed by atoms with Crippen molar-refractivity contribution in [2.24, 2.45) is 0 Å². The highest BCUT2D eigenvalue weighted by atomic mass is 16.5. The fourth-order valence-corrected chi connectivity index (χ4v) is 4.29. The van der Waals surface area contributed by atoms with Gasteiger partial charge in [0.05, 0.1) is 13.2 Å². The van der Waals surface area contributed by atoms with Crippen LogP contribution < -0.4 is 10.1 Å². The van der Waals surface area contributed by atoms with E-state index in [9.17, 15) is 4.79 Å². The molecule has 0 aliphatic carbocycles. The van der Waals surface area contributed by atoms with Crippen LogP contribution >= 0.6 is 0 Å². The molecule has 1 aliphatic heterocycles. The Morgan fingerprint density at radius 2 is 1.41 bits per heavy atom. The maximum Gasteiger partial charge on any atom is 0.317 e. The molecule has 0 aromatic heterocycles. The molecule has 166 valence electrons. The normalized spacial score (nSPS) is 14.4. The van der Waals surface area contributed by atoms with Crippen LogP contribution in [-0.2, 0) is 6.42 Å². The van der Waals surface area contributed by atoms with Gasteiger partial charge in [0.2, 0.25) is 0 Å². The van der Waals surface area contributed by atoms with Gasteiger partial charge in [0.1, 0.15) is 5.75 Å². The average molecular weight is 430 g/mol. The molecular weight excluding hydrogens is 398 g/mol. The van der Waals surface area contributed by atoms with Crippen LogP contribution in [0.1, 0.15) is 22.7 Å². The topological polar surface area (TPSA) is 44.8 Å². The van der Waals surface area contributed by atoms with Crippen molar-refractivity contribution in [1.82, 2.24) is 15.1 Å². The molecule has 0 bridgehead atoms. The molecule has 0 spiro atoms. The molecule has 1 aliphatic rings. The number of carbonyl (C=O) groups is 1. The molecule has 3 aromatic carbocycles. The zero-order valence-electron chi connectivity index (χ0n) is 18.6. The lowest BCUT2D eigenvalue weighted by Gasteiger charge is -2.39. The Morgan fingerprint density at radius 3 is 1.94 bits per heavy atom. The Morgan fingerprint density at radius 1 is 0.844 bits per heavy atom. The molecule has 1 saturated heterocycles. The van der Waals surface area contributed by atoms with Crippen LogP contribution in [-0.4, -0.2) is 55.7 Å². The predicted octanol–water partition coefficient (Wildman–Crippen LogP) is 4.35. The van der Waals surface area contributed by atoms with Crippen LogP contribution in [0.3, 0.4) is 0 Å². The number of hydrogen-bond donors (Lipinski definition) is 1. The first kappa shape index (κ1) is 21.9. The Hall–Kier alpha value is -3.31. The first-order valence-corrected chi connectivity index (χ1v) is 11.2. The van der Waals surface area contributed by atoms with E-state index in [0.29, 0.717) is 6.54 Å². The van der Waals surface area contributed by atoms with Gasteiger partial charge >= 0.3 is 6.03 Å². The molecule has 3 aromatic rings. The molecule has 0 radical (unpaired) electrons. The van der Waals surface area contributed by atoms with Crippen molar-refractivity contribution in [3.8, 4) is 5.75 Å². The van der Waals surface area contributed by atoms with Crippen LogP contribution in [0.4, 0.5) is 4.79 Å². The first-order valence-electron chi connectivity index (χ1n) is 11.2.